The van der Waals surface area contributed by atoms with Crippen LogP contribution >= 0.6 is 0 Å². The molecule has 1 saturated heterocycles. The normalized spacial score (nSPS) is 28.8. The van der Waals surface area contributed by atoms with Gasteiger partial charge in [-0.25, -0.2) is 0 Å². The van der Waals surface area contributed by atoms with Gasteiger partial charge in [-0.1, -0.05) is 6.42 Å². The Morgan fingerprint density at radius 1 is 1.44 bits per heavy atom. The number of likely N-dealkylation sites (tertiary alicyclic amines) is 1. The molecule has 1 rings (SSSR count). The number of rotatable bonds is 4. The third-order valence-electron chi connectivity index (χ3n) is 3.58. The number of carbonyl (C=O) groups excluding carboxylic acids is 1. The Balaban J connectivity index is 2.37. The second kappa shape index (κ2) is 6.21. The molecule has 1 aliphatic heterocycles. The Hall–Kier alpha value is -0.610. The Kier molecular flexibility index (Phi) is 5.22. The lowest BCUT2D eigenvalue weighted by Crippen LogP contribution is -2.46. The number of hydrogen-bond acceptors (Lipinski definition) is 4. The molecule has 4 heteroatoms. The van der Waals surface area contributed by atoms with Crippen LogP contribution in [0.3, 0.4) is 0 Å². The highest BCUT2D eigenvalue weighted by Gasteiger charge is 2.25. The SMILES string of the molecule is COC(=O)C(N)CCN1[C@H](C)CCC[C@@H]1C. The van der Waals surface area contributed by atoms with E-state index < -0.39 is 6.04 Å². The van der Waals surface area contributed by atoms with Crippen molar-refractivity contribution in [2.45, 2.75) is 57.7 Å². The third-order valence-corrected chi connectivity index (χ3v) is 3.58. The van der Waals surface area contributed by atoms with Gasteiger partial charge in [0.25, 0.3) is 0 Å². The summed E-state index contributed by atoms with van der Waals surface area (Å²) in [6, 6.07) is 0.730. The first-order valence-electron chi connectivity index (χ1n) is 6.15. The summed E-state index contributed by atoms with van der Waals surface area (Å²) in [5.74, 6) is -0.308. The maximum absolute atomic E-state index is 11.2. The molecule has 1 fully saturated rings. The van der Waals surface area contributed by atoms with Crippen molar-refractivity contribution >= 4 is 5.97 Å². The first-order valence-corrected chi connectivity index (χ1v) is 6.15. The first-order chi connectivity index (χ1) is 7.56. The van der Waals surface area contributed by atoms with Gasteiger partial charge in [0.05, 0.1) is 7.11 Å². The Bertz CT molecular complexity index is 223. The van der Waals surface area contributed by atoms with E-state index in [9.17, 15) is 4.79 Å². The van der Waals surface area contributed by atoms with Crippen molar-refractivity contribution < 1.29 is 9.53 Å². The standard InChI is InChI=1S/C12H24N2O2/c1-9-5-4-6-10(2)14(9)8-7-11(13)12(15)16-3/h9-11H,4-8,13H2,1-3H3/t9-,10+,11?. The van der Waals surface area contributed by atoms with Crippen LogP contribution in [0.25, 0.3) is 0 Å². The van der Waals surface area contributed by atoms with Crippen LogP contribution in [-0.4, -0.2) is 42.6 Å². The van der Waals surface area contributed by atoms with E-state index in [1.165, 1.54) is 26.4 Å². The molecule has 94 valence electrons. The molecule has 0 spiro atoms. The number of esters is 1. The van der Waals surface area contributed by atoms with Crippen molar-refractivity contribution in [1.29, 1.82) is 0 Å². The summed E-state index contributed by atoms with van der Waals surface area (Å²) in [7, 11) is 1.38. The van der Waals surface area contributed by atoms with Crippen molar-refractivity contribution in [3.8, 4) is 0 Å². The highest BCUT2D eigenvalue weighted by molar-refractivity contribution is 5.75. The fourth-order valence-corrected chi connectivity index (χ4v) is 2.47. The van der Waals surface area contributed by atoms with Crippen LogP contribution in [0, 0.1) is 0 Å². The number of methoxy groups -OCH3 is 1. The van der Waals surface area contributed by atoms with Gasteiger partial charge >= 0.3 is 5.97 Å². The third kappa shape index (κ3) is 3.46. The summed E-state index contributed by atoms with van der Waals surface area (Å²) in [5.41, 5.74) is 5.73. The lowest BCUT2D eigenvalue weighted by molar-refractivity contribution is -0.142. The molecule has 4 nitrogen and oxygen atoms in total. The van der Waals surface area contributed by atoms with Gasteiger partial charge in [0.15, 0.2) is 0 Å². The maximum Gasteiger partial charge on any atom is 0.322 e. The number of piperidine rings is 1. The number of nitrogens with zero attached hydrogens (tertiary/aromatic N) is 1. The average Bonchev–Trinajstić information content (AvgIpc) is 2.27. The quantitative estimate of drug-likeness (QED) is 0.733. The molecule has 3 atom stereocenters. The second-order valence-corrected chi connectivity index (χ2v) is 4.79. The minimum absolute atomic E-state index is 0.308. The maximum atomic E-state index is 11.2. The molecule has 2 N–H and O–H groups in total. The van der Waals surface area contributed by atoms with Crippen LogP contribution in [0.4, 0.5) is 0 Å². The molecule has 0 aliphatic carbocycles. The molecule has 16 heavy (non-hydrogen) atoms. The van der Waals surface area contributed by atoms with Crippen LogP contribution in [0.5, 0.6) is 0 Å². The van der Waals surface area contributed by atoms with Crippen LogP contribution < -0.4 is 5.73 Å². The van der Waals surface area contributed by atoms with Crippen molar-refractivity contribution in [2.75, 3.05) is 13.7 Å². The van der Waals surface area contributed by atoms with Gasteiger partial charge in [-0.15, -0.1) is 0 Å². The lowest BCUT2D eigenvalue weighted by Gasteiger charge is -2.39. The van der Waals surface area contributed by atoms with Crippen LogP contribution in [0.15, 0.2) is 0 Å². The van der Waals surface area contributed by atoms with E-state index in [-0.39, 0.29) is 5.97 Å². The van der Waals surface area contributed by atoms with Crippen LogP contribution in [0.2, 0.25) is 0 Å². The summed E-state index contributed by atoms with van der Waals surface area (Å²) in [5, 5.41) is 0. The van der Waals surface area contributed by atoms with Gasteiger partial charge < -0.3 is 10.5 Å². The Morgan fingerprint density at radius 2 is 2.00 bits per heavy atom. The molecule has 0 saturated carbocycles. The zero-order chi connectivity index (χ0) is 12.1. The van der Waals surface area contributed by atoms with E-state index in [4.69, 9.17) is 5.73 Å². The van der Waals surface area contributed by atoms with E-state index >= 15 is 0 Å². The number of carbonyl (C=O) groups is 1. The molecule has 1 heterocycles. The highest BCUT2D eigenvalue weighted by Crippen LogP contribution is 2.22. The van der Waals surface area contributed by atoms with Gasteiger partial charge in [0, 0.05) is 18.6 Å². The van der Waals surface area contributed by atoms with E-state index in [0.717, 1.165) is 6.54 Å². The molecular weight excluding hydrogens is 204 g/mol. The lowest BCUT2D eigenvalue weighted by atomic mass is 9.97. The number of nitrogens with two attached hydrogens (primary N) is 1. The molecule has 1 unspecified atom stereocenters. The Morgan fingerprint density at radius 3 is 2.50 bits per heavy atom. The monoisotopic (exact) mass is 228 g/mol. The van der Waals surface area contributed by atoms with E-state index in [2.05, 4.69) is 23.5 Å². The minimum Gasteiger partial charge on any atom is -0.468 e. The van der Waals surface area contributed by atoms with Gasteiger partial charge in [0.1, 0.15) is 6.04 Å². The van der Waals surface area contributed by atoms with Crippen molar-refractivity contribution in [1.82, 2.24) is 4.90 Å². The minimum atomic E-state index is -0.480. The fourth-order valence-electron chi connectivity index (χ4n) is 2.47. The fraction of sp³-hybridized carbons (Fsp3) is 0.917. The molecule has 0 bridgehead atoms. The highest BCUT2D eigenvalue weighted by atomic mass is 16.5. The smallest absolute Gasteiger partial charge is 0.322 e. The summed E-state index contributed by atoms with van der Waals surface area (Å²) < 4.78 is 4.62. The average molecular weight is 228 g/mol. The van der Waals surface area contributed by atoms with E-state index in [1.54, 1.807) is 0 Å². The molecular formula is C12H24N2O2. The second-order valence-electron chi connectivity index (χ2n) is 4.79. The van der Waals surface area contributed by atoms with Crippen molar-refractivity contribution in [3.63, 3.8) is 0 Å². The predicted octanol–water partition coefficient (Wildman–Crippen LogP) is 1.14. The molecule has 0 radical (unpaired) electrons. The van der Waals surface area contributed by atoms with Gasteiger partial charge in [-0.3, -0.25) is 9.69 Å². The van der Waals surface area contributed by atoms with E-state index in [1.807, 2.05) is 0 Å². The predicted molar refractivity (Wildman–Crippen MR) is 64.1 cm³/mol. The summed E-state index contributed by atoms with van der Waals surface area (Å²) in [6.45, 7) is 5.39. The number of hydrogen-bond donors (Lipinski definition) is 1. The number of ether oxygens (including phenoxy) is 1. The molecule has 1 aliphatic rings. The zero-order valence-corrected chi connectivity index (χ0v) is 10.6. The van der Waals surface area contributed by atoms with Crippen molar-refractivity contribution in [2.24, 2.45) is 5.73 Å². The summed E-state index contributed by atoms with van der Waals surface area (Å²) in [6.07, 6.45) is 4.48. The largest absolute Gasteiger partial charge is 0.468 e. The molecule has 0 aromatic heterocycles. The van der Waals surface area contributed by atoms with E-state index in [0.29, 0.717) is 18.5 Å². The van der Waals surface area contributed by atoms with Crippen molar-refractivity contribution in [3.05, 3.63) is 0 Å². The summed E-state index contributed by atoms with van der Waals surface area (Å²) in [4.78, 5) is 13.6. The Labute approximate surface area is 98.1 Å². The first kappa shape index (κ1) is 13.5. The van der Waals surface area contributed by atoms with Gasteiger partial charge in [-0.2, -0.15) is 0 Å². The zero-order valence-electron chi connectivity index (χ0n) is 10.6. The van der Waals surface area contributed by atoms with Gasteiger partial charge in [0.2, 0.25) is 0 Å². The molecule has 0 aromatic carbocycles. The molecule has 0 aromatic rings. The van der Waals surface area contributed by atoms with Crippen LogP contribution in [-0.2, 0) is 9.53 Å². The topological polar surface area (TPSA) is 55.6 Å². The summed E-state index contributed by atoms with van der Waals surface area (Å²) >= 11 is 0. The van der Waals surface area contributed by atoms with Crippen LogP contribution in [0.1, 0.15) is 39.5 Å². The molecule has 0 amide bonds. The van der Waals surface area contributed by atoms with Gasteiger partial charge in [-0.05, 0) is 33.1 Å².